The fourth-order valence-electron chi connectivity index (χ4n) is 1.46. The van der Waals surface area contributed by atoms with Crippen molar-refractivity contribution in [2.24, 2.45) is 0 Å². The quantitative estimate of drug-likeness (QED) is 0.833. The molecule has 0 unspecified atom stereocenters. The number of nitrogens with zero attached hydrogens (tertiary/aromatic N) is 1. The van der Waals surface area contributed by atoms with E-state index in [0.29, 0.717) is 18.7 Å². The number of rotatable bonds is 3. The van der Waals surface area contributed by atoms with E-state index in [1.807, 2.05) is 31.2 Å². The van der Waals surface area contributed by atoms with Crippen molar-refractivity contribution in [3.05, 3.63) is 36.0 Å². The molecule has 2 aromatic rings. The van der Waals surface area contributed by atoms with E-state index < -0.39 is 0 Å². The van der Waals surface area contributed by atoms with Gasteiger partial charge in [-0.05, 0) is 19.1 Å². The molecule has 0 aliphatic heterocycles. The lowest BCUT2D eigenvalue weighted by atomic mass is 10.2. The molecule has 0 bridgehead atoms. The van der Waals surface area contributed by atoms with Crippen LogP contribution in [-0.4, -0.2) is 16.7 Å². The zero-order valence-corrected chi connectivity index (χ0v) is 8.60. The van der Waals surface area contributed by atoms with Crippen molar-refractivity contribution in [1.82, 2.24) is 4.98 Å². The SMILES string of the molecule is CCOCc1ccc2cccc(O)c2n1. The Morgan fingerprint density at radius 3 is 2.93 bits per heavy atom. The summed E-state index contributed by atoms with van der Waals surface area (Å²) >= 11 is 0. The maximum absolute atomic E-state index is 9.62. The Labute approximate surface area is 88.3 Å². The predicted octanol–water partition coefficient (Wildman–Crippen LogP) is 2.48. The molecule has 0 saturated carbocycles. The highest BCUT2D eigenvalue weighted by atomic mass is 16.5. The number of fused-ring (bicyclic) bond motifs is 1. The first kappa shape index (κ1) is 9.93. The third kappa shape index (κ3) is 2.07. The number of hydrogen-bond donors (Lipinski definition) is 1. The zero-order chi connectivity index (χ0) is 10.7. The van der Waals surface area contributed by atoms with E-state index in [9.17, 15) is 5.11 Å². The van der Waals surface area contributed by atoms with Crippen LogP contribution in [0.25, 0.3) is 10.9 Å². The summed E-state index contributed by atoms with van der Waals surface area (Å²) < 4.78 is 5.26. The van der Waals surface area contributed by atoms with Gasteiger partial charge in [-0.2, -0.15) is 0 Å². The molecule has 1 aromatic carbocycles. The topological polar surface area (TPSA) is 42.4 Å². The van der Waals surface area contributed by atoms with Crippen LogP contribution in [-0.2, 0) is 11.3 Å². The predicted molar refractivity (Wildman–Crippen MR) is 58.7 cm³/mol. The minimum Gasteiger partial charge on any atom is -0.506 e. The fraction of sp³-hybridized carbons (Fsp3) is 0.250. The first-order valence-corrected chi connectivity index (χ1v) is 4.96. The zero-order valence-electron chi connectivity index (χ0n) is 8.60. The lowest BCUT2D eigenvalue weighted by Gasteiger charge is -2.04. The van der Waals surface area contributed by atoms with Crippen LogP contribution >= 0.6 is 0 Å². The van der Waals surface area contributed by atoms with Crippen molar-refractivity contribution in [1.29, 1.82) is 0 Å². The molecule has 0 saturated heterocycles. The molecule has 0 radical (unpaired) electrons. The molecule has 0 atom stereocenters. The van der Waals surface area contributed by atoms with Crippen LogP contribution < -0.4 is 0 Å². The van der Waals surface area contributed by atoms with Gasteiger partial charge >= 0.3 is 0 Å². The number of phenolic OH excluding ortho intramolecular Hbond substituents is 1. The van der Waals surface area contributed by atoms with Gasteiger partial charge in [0.15, 0.2) is 0 Å². The van der Waals surface area contributed by atoms with E-state index in [2.05, 4.69) is 4.98 Å². The Balaban J connectivity index is 2.41. The van der Waals surface area contributed by atoms with Gasteiger partial charge in [-0.25, -0.2) is 4.98 Å². The van der Waals surface area contributed by atoms with Crippen molar-refractivity contribution in [2.75, 3.05) is 6.61 Å². The minimum atomic E-state index is 0.214. The molecule has 0 amide bonds. The van der Waals surface area contributed by atoms with Crippen molar-refractivity contribution in [3.8, 4) is 5.75 Å². The first-order valence-electron chi connectivity index (χ1n) is 4.96. The molecule has 0 spiro atoms. The Kier molecular flexibility index (Phi) is 2.83. The van der Waals surface area contributed by atoms with Crippen molar-refractivity contribution in [2.45, 2.75) is 13.5 Å². The Hall–Kier alpha value is -1.61. The molecule has 0 aliphatic rings. The summed E-state index contributed by atoms with van der Waals surface area (Å²) in [6.45, 7) is 3.10. The summed E-state index contributed by atoms with van der Waals surface area (Å²) in [5, 5.41) is 10.6. The molecular formula is C12H13NO2. The first-order chi connectivity index (χ1) is 7.31. The van der Waals surface area contributed by atoms with Gasteiger partial charge in [0.05, 0.1) is 12.3 Å². The van der Waals surface area contributed by atoms with Crippen molar-refractivity contribution in [3.63, 3.8) is 0 Å². The van der Waals surface area contributed by atoms with Gasteiger partial charge in [-0.3, -0.25) is 0 Å². The second-order valence-corrected chi connectivity index (χ2v) is 3.29. The molecule has 15 heavy (non-hydrogen) atoms. The summed E-state index contributed by atoms with van der Waals surface area (Å²) in [4.78, 5) is 4.34. The lowest BCUT2D eigenvalue weighted by Crippen LogP contribution is -1.95. The van der Waals surface area contributed by atoms with Crippen LogP contribution in [0, 0.1) is 0 Å². The number of pyridine rings is 1. The molecule has 0 aliphatic carbocycles. The number of phenols is 1. The van der Waals surface area contributed by atoms with Gasteiger partial charge < -0.3 is 9.84 Å². The molecule has 3 nitrogen and oxygen atoms in total. The van der Waals surface area contributed by atoms with Crippen molar-refractivity contribution >= 4 is 10.9 Å². The van der Waals surface area contributed by atoms with Crippen molar-refractivity contribution < 1.29 is 9.84 Å². The number of hydrogen-bond acceptors (Lipinski definition) is 3. The fourth-order valence-corrected chi connectivity index (χ4v) is 1.46. The highest BCUT2D eigenvalue weighted by Crippen LogP contribution is 2.22. The highest BCUT2D eigenvalue weighted by molar-refractivity contribution is 5.84. The Bertz CT molecular complexity index is 468. The Morgan fingerprint density at radius 1 is 1.27 bits per heavy atom. The maximum atomic E-state index is 9.62. The molecule has 3 heteroatoms. The van der Waals surface area contributed by atoms with E-state index in [0.717, 1.165) is 11.1 Å². The molecule has 78 valence electrons. The lowest BCUT2D eigenvalue weighted by molar-refractivity contribution is 0.131. The van der Waals surface area contributed by atoms with E-state index in [4.69, 9.17) is 4.74 Å². The summed E-state index contributed by atoms with van der Waals surface area (Å²) in [6.07, 6.45) is 0. The summed E-state index contributed by atoms with van der Waals surface area (Å²) in [5.41, 5.74) is 1.47. The monoisotopic (exact) mass is 203 g/mol. The number of benzene rings is 1. The van der Waals surface area contributed by atoms with E-state index >= 15 is 0 Å². The van der Waals surface area contributed by atoms with E-state index in [-0.39, 0.29) is 5.75 Å². The van der Waals surface area contributed by atoms with Gasteiger partial charge in [0.2, 0.25) is 0 Å². The second kappa shape index (κ2) is 4.28. The normalized spacial score (nSPS) is 10.7. The third-order valence-corrected chi connectivity index (χ3v) is 2.21. The van der Waals surface area contributed by atoms with Gasteiger partial charge in [0, 0.05) is 12.0 Å². The van der Waals surface area contributed by atoms with Gasteiger partial charge in [0.1, 0.15) is 11.3 Å². The number of para-hydroxylation sites is 1. The average Bonchev–Trinajstić information content (AvgIpc) is 2.27. The minimum absolute atomic E-state index is 0.214. The van der Waals surface area contributed by atoms with Crippen LogP contribution in [0.5, 0.6) is 5.75 Å². The largest absolute Gasteiger partial charge is 0.506 e. The number of aromatic nitrogens is 1. The standard InChI is InChI=1S/C12H13NO2/c1-2-15-8-10-7-6-9-4-3-5-11(14)12(9)13-10/h3-7,14H,2,8H2,1H3. The van der Waals surface area contributed by atoms with Crippen LogP contribution in [0.2, 0.25) is 0 Å². The van der Waals surface area contributed by atoms with E-state index in [1.54, 1.807) is 6.07 Å². The summed E-state index contributed by atoms with van der Waals surface area (Å²) in [6, 6.07) is 9.22. The van der Waals surface area contributed by atoms with Crippen LogP contribution in [0.3, 0.4) is 0 Å². The third-order valence-electron chi connectivity index (χ3n) is 2.21. The van der Waals surface area contributed by atoms with Gasteiger partial charge in [-0.15, -0.1) is 0 Å². The van der Waals surface area contributed by atoms with Gasteiger partial charge in [0.25, 0.3) is 0 Å². The highest BCUT2D eigenvalue weighted by Gasteiger charge is 2.02. The van der Waals surface area contributed by atoms with Crippen LogP contribution in [0.15, 0.2) is 30.3 Å². The summed E-state index contributed by atoms with van der Waals surface area (Å²) in [5.74, 6) is 0.214. The molecule has 0 fully saturated rings. The molecular weight excluding hydrogens is 190 g/mol. The van der Waals surface area contributed by atoms with Crippen LogP contribution in [0.4, 0.5) is 0 Å². The molecule has 2 rings (SSSR count). The Morgan fingerprint density at radius 2 is 2.13 bits per heavy atom. The smallest absolute Gasteiger partial charge is 0.141 e. The molecule has 1 aromatic heterocycles. The maximum Gasteiger partial charge on any atom is 0.141 e. The second-order valence-electron chi connectivity index (χ2n) is 3.29. The van der Waals surface area contributed by atoms with Crippen LogP contribution in [0.1, 0.15) is 12.6 Å². The molecule has 1 N–H and O–H groups in total. The van der Waals surface area contributed by atoms with E-state index in [1.165, 1.54) is 0 Å². The molecule has 1 heterocycles. The number of aromatic hydroxyl groups is 1. The number of ether oxygens (including phenoxy) is 1. The van der Waals surface area contributed by atoms with Gasteiger partial charge in [-0.1, -0.05) is 18.2 Å². The average molecular weight is 203 g/mol. The summed E-state index contributed by atoms with van der Waals surface area (Å²) in [7, 11) is 0.